The monoisotopic (exact) mass is 253 g/mol. The van der Waals surface area contributed by atoms with Gasteiger partial charge >= 0.3 is 0 Å². The first kappa shape index (κ1) is 15.2. The first-order chi connectivity index (χ1) is 8.60. The topological polar surface area (TPSA) is 39.1 Å². The minimum absolute atomic E-state index is 0.439. The molecule has 0 saturated heterocycles. The Labute approximate surface area is 111 Å². The van der Waals surface area contributed by atoms with Crippen molar-refractivity contribution >= 4 is 0 Å². The highest BCUT2D eigenvalue weighted by atomic mass is 16.5. The summed E-state index contributed by atoms with van der Waals surface area (Å²) in [6.45, 7) is 11.0. The maximum atomic E-state index is 5.52. The van der Waals surface area contributed by atoms with Crippen LogP contribution in [-0.2, 0) is 18.2 Å². The van der Waals surface area contributed by atoms with Crippen LogP contribution in [0.4, 0.5) is 0 Å². The fourth-order valence-corrected chi connectivity index (χ4v) is 2.29. The lowest BCUT2D eigenvalue weighted by Gasteiger charge is -2.17. The SMILES string of the molecule is CCNC(CCc1c(C)nn(C)c1C)COCC. The number of nitrogens with one attached hydrogen (secondary N) is 1. The van der Waals surface area contributed by atoms with Gasteiger partial charge in [0.1, 0.15) is 0 Å². The molecule has 18 heavy (non-hydrogen) atoms. The molecule has 1 rings (SSSR count). The first-order valence-corrected chi connectivity index (χ1v) is 6.90. The molecule has 0 amide bonds. The van der Waals surface area contributed by atoms with Crippen molar-refractivity contribution in [2.24, 2.45) is 7.05 Å². The predicted molar refractivity (Wildman–Crippen MR) is 75.0 cm³/mol. The number of nitrogens with zero attached hydrogens (tertiary/aromatic N) is 2. The van der Waals surface area contributed by atoms with Crippen molar-refractivity contribution in [1.29, 1.82) is 0 Å². The molecule has 0 aliphatic carbocycles. The quantitative estimate of drug-likeness (QED) is 0.770. The van der Waals surface area contributed by atoms with E-state index in [0.29, 0.717) is 6.04 Å². The second-order valence-electron chi connectivity index (χ2n) is 4.73. The molecule has 0 spiro atoms. The fraction of sp³-hybridized carbons (Fsp3) is 0.786. The molecular formula is C14H27N3O. The first-order valence-electron chi connectivity index (χ1n) is 6.90. The molecular weight excluding hydrogens is 226 g/mol. The molecule has 1 aromatic heterocycles. The highest BCUT2D eigenvalue weighted by Gasteiger charge is 2.13. The van der Waals surface area contributed by atoms with Crippen molar-refractivity contribution in [2.75, 3.05) is 19.8 Å². The average Bonchev–Trinajstić information content (AvgIpc) is 2.58. The molecule has 4 heteroatoms. The van der Waals surface area contributed by atoms with E-state index in [9.17, 15) is 0 Å². The van der Waals surface area contributed by atoms with Crippen molar-refractivity contribution in [3.8, 4) is 0 Å². The normalized spacial score (nSPS) is 12.9. The Morgan fingerprint density at radius 1 is 1.33 bits per heavy atom. The maximum Gasteiger partial charge on any atom is 0.0628 e. The van der Waals surface area contributed by atoms with Crippen LogP contribution in [0.5, 0.6) is 0 Å². The molecule has 0 radical (unpaired) electrons. The molecule has 1 atom stereocenters. The predicted octanol–water partition coefficient (Wildman–Crippen LogP) is 1.98. The number of likely N-dealkylation sites (N-methyl/N-ethyl adjacent to an activating group) is 1. The van der Waals surface area contributed by atoms with Crippen LogP contribution in [-0.4, -0.2) is 35.6 Å². The number of aromatic nitrogens is 2. The second-order valence-corrected chi connectivity index (χ2v) is 4.73. The Bertz CT molecular complexity index is 360. The van der Waals surface area contributed by atoms with E-state index in [1.54, 1.807) is 0 Å². The van der Waals surface area contributed by atoms with Crippen molar-refractivity contribution < 1.29 is 4.74 Å². The van der Waals surface area contributed by atoms with Gasteiger partial charge < -0.3 is 10.1 Å². The minimum atomic E-state index is 0.439. The molecule has 104 valence electrons. The summed E-state index contributed by atoms with van der Waals surface area (Å²) in [6, 6.07) is 0.439. The molecule has 0 aliphatic rings. The van der Waals surface area contributed by atoms with Gasteiger partial charge in [-0.05, 0) is 45.7 Å². The zero-order valence-corrected chi connectivity index (χ0v) is 12.4. The van der Waals surface area contributed by atoms with Gasteiger partial charge in [0.15, 0.2) is 0 Å². The number of rotatable bonds is 8. The van der Waals surface area contributed by atoms with Crippen LogP contribution in [0.2, 0.25) is 0 Å². The van der Waals surface area contributed by atoms with Crippen LogP contribution in [0.15, 0.2) is 0 Å². The Balaban J connectivity index is 2.55. The van der Waals surface area contributed by atoms with Crippen LogP contribution >= 0.6 is 0 Å². The number of ether oxygens (including phenoxy) is 1. The summed E-state index contributed by atoms with van der Waals surface area (Å²) >= 11 is 0. The van der Waals surface area contributed by atoms with Crippen molar-refractivity contribution in [1.82, 2.24) is 15.1 Å². The van der Waals surface area contributed by atoms with Crippen molar-refractivity contribution in [3.63, 3.8) is 0 Å². The molecule has 1 N–H and O–H groups in total. The molecule has 1 unspecified atom stereocenters. The summed E-state index contributed by atoms with van der Waals surface area (Å²) in [4.78, 5) is 0. The van der Waals surface area contributed by atoms with Gasteiger partial charge in [0.05, 0.1) is 12.3 Å². The molecule has 1 aromatic rings. The van der Waals surface area contributed by atoms with Gasteiger partial charge in [0, 0.05) is 25.4 Å². The Morgan fingerprint density at radius 3 is 2.56 bits per heavy atom. The maximum absolute atomic E-state index is 5.52. The van der Waals surface area contributed by atoms with Gasteiger partial charge in [0.25, 0.3) is 0 Å². The highest BCUT2D eigenvalue weighted by molar-refractivity contribution is 5.24. The van der Waals surface area contributed by atoms with Gasteiger partial charge in [-0.25, -0.2) is 0 Å². The largest absolute Gasteiger partial charge is 0.380 e. The molecule has 0 fully saturated rings. The molecule has 4 nitrogen and oxygen atoms in total. The highest BCUT2D eigenvalue weighted by Crippen LogP contribution is 2.15. The molecule has 0 bridgehead atoms. The molecule has 0 aromatic carbocycles. The number of hydrogen-bond donors (Lipinski definition) is 1. The Kier molecular flexibility index (Phi) is 6.36. The van der Waals surface area contributed by atoms with Crippen LogP contribution in [0.3, 0.4) is 0 Å². The summed E-state index contributed by atoms with van der Waals surface area (Å²) in [5.74, 6) is 0. The third-order valence-corrected chi connectivity index (χ3v) is 3.42. The lowest BCUT2D eigenvalue weighted by molar-refractivity contribution is 0.120. The summed E-state index contributed by atoms with van der Waals surface area (Å²) in [6.07, 6.45) is 2.16. The zero-order chi connectivity index (χ0) is 13.5. The average molecular weight is 253 g/mol. The van der Waals surface area contributed by atoms with E-state index in [4.69, 9.17) is 4.74 Å². The van der Waals surface area contributed by atoms with Gasteiger partial charge in [-0.3, -0.25) is 4.68 Å². The van der Waals surface area contributed by atoms with Crippen LogP contribution in [0.1, 0.15) is 37.2 Å². The standard InChI is InChI=1S/C14H27N3O/c1-6-15-13(10-18-7-2)8-9-14-11(3)16-17(5)12(14)4/h13,15H,6-10H2,1-5H3. The summed E-state index contributed by atoms with van der Waals surface area (Å²) < 4.78 is 7.49. The van der Waals surface area contributed by atoms with E-state index in [1.165, 1.54) is 11.3 Å². The summed E-state index contributed by atoms with van der Waals surface area (Å²) in [7, 11) is 2.01. The van der Waals surface area contributed by atoms with Gasteiger partial charge in [0.2, 0.25) is 0 Å². The van der Waals surface area contributed by atoms with Gasteiger partial charge in [-0.15, -0.1) is 0 Å². The fourth-order valence-electron chi connectivity index (χ4n) is 2.29. The van der Waals surface area contributed by atoms with E-state index in [2.05, 4.69) is 31.2 Å². The molecule has 0 aliphatic heterocycles. The second kappa shape index (κ2) is 7.54. The van der Waals surface area contributed by atoms with E-state index < -0.39 is 0 Å². The van der Waals surface area contributed by atoms with Crippen LogP contribution in [0, 0.1) is 13.8 Å². The number of aryl methyl sites for hydroxylation is 2. The third kappa shape index (κ3) is 4.10. The van der Waals surface area contributed by atoms with Crippen molar-refractivity contribution in [2.45, 2.75) is 46.6 Å². The van der Waals surface area contributed by atoms with E-state index in [1.807, 2.05) is 18.7 Å². The van der Waals surface area contributed by atoms with E-state index in [0.717, 1.165) is 38.3 Å². The van der Waals surface area contributed by atoms with Gasteiger partial charge in [-0.1, -0.05) is 6.92 Å². The third-order valence-electron chi connectivity index (χ3n) is 3.42. The van der Waals surface area contributed by atoms with E-state index in [-0.39, 0.29) is 0 Å². The zero-order valence-electron chi connectivity index (χ0n) is 12.4. The Hall–Kier alpha value is -0.870. The van der Waals surface area contributed by atoms with E-state index >= 15 is 0 Å². The van der Waals surface area contributed by atoms with Crippen LogP contribution < -0.4 is 5.32 Å². The number of hydrogen-bond acceptors (Lipinski definition) is 3. The summed E-state index contributed by atoms with van der Waals surface area (Å²) in [5.41, 5.74) is 3.82. The molecule has 0 saturated carbocycles. The Morgan fingerprint density at radius 2 is 2.06 bits per heavy atom. The molecule has 1 heterocycles. The minimum Gasteiger partial charge on any atom is -0.380 e. The van der Waals surface area contributed by atoms with Crippen LogP contribution in [0.25, 0.3) is 0 Å². The lowest BCUT2D eigenvalue weighted by atomic mass is 10.0. The lowest BCUT2D eigenvalue weighted by Crippen LogP contribution is -2.34. The summed E-state index contributed by atoms with van der Waals surface area (Å²) in [5, 5.41) is 7.94. The smallest absolute Gasteiger partial charge is 0.0628 e. The van der Waals surface area contributed by atoms with Crippen molar-refractivity contribution in [3.05, 3.63) is 17.0 Å². The van der Waals surface area contributed by atoms with Gasteiger partial charge in [-0.2, -0.15) is 5.10 Å².